The Kier molecular flexibility index (Phi) is 5.51. The van der Waals surface area contributed by atoms with E-state index in [1.165, 1.54) is 0 Å². The van der Waals surface area contributed by atoms with E-state index < -0.39 is 0 Å². The number of anilines is 2. The molecule has 3 aromatic rings. The molecular weight excluding hydrogens is 354 g/mol. The number of carbonyl (C=O) groups is 1. The molecule has 0 aliphatic heterocycles. The van der Waals surface area contributed by atoms with Gasteiger partial charge in [-0.05, 0) is 61.4 Å². The number of aromatic nitrogens is 2. The van der Waals surface area contributed by atoms with Gasteiger partial charge in [-0.3, -0.25) is 4.79 Å². The normalized spacial score (nSPS) is 10.1. The Bertz CT molecular complexity index is 1030. The summed E-state index contributed by atoms with van der Waals surface area (Å²) >= 11 is 0. The predicted octanol–water partition coefficient (Wildman–Crippen LogP) is 3.86. The smallest absolute Gasteiger partial charge is 0.251 e. The highest BCUT2D eigenvalue weighted by Gasteiger charge is 2.12. The first-order valence-electron chi connectivity index (χ1n) is 8.61. The molecule has 0 atom stereocenters. The molecule has 0 fully saturated rings. The van der Waals surface area contributed by atoms with Gasteiger partial charge in [-0.2, -0.15) is 10.2 Å². The van der Waals surface area contributed by atoms with Crippen molar-refractivity contribution >= 4 is 17.5 Å². The Labute approximate surface area is 163 Å². The van der Waals surface area contributed by atoms with Crippen LogP contribution in [-0.4, -0.2) is 22.9 Å². The zero-order chi connectivity index (χ0) is 20.1. The van der Waals surface area contributed by atoms with E-state index in [9.17, 15) is 4.79 Å². The van der Waals surface area contributed by atoms with Gasteiger partial charge in [-0.1, -0.05) is 0 Å². The highest BCUT2D eigenvalue weighted by Crippen LogP contribution is 2.29. The molecule has 1 heterocycles. The van der Waals surface area contributed by atoms with Crippen LogP contribution in [0.15, 0.2) is 48.7 Å². The van der Waals surface area contributed by atoms with Crippen molar-refractivity contribution < 1.29 is 9.53 Å². The standard InChI is InChI=1S/C21H19N5O2/c1-13-10-16(20(27)23-3)11-14(2)19(13)28-18-8-9-24-21(26-18)25-17-6-4-15(12-22)5-7-17/h4-11H,1-3H3,(H,23,27)(H,24,25,26). The number of carbonyl (C=O) groups excluding carboxylic acids is 1. The largest absolute Gasteiger partial charge is 0.438 e. The Morgan fingerprint density at radius 3 is 2.39 bits per heavy atom. The first-order chi connectivity index (χ1) is 13.5. The summed E-state index contributed by atoms with van der Waals surface area (Å²) in [5, 5.41) is 14.6. The van der Waals surface area contributed by atoms with E-state index in [4.69, 9.17) is 10.00 Å². The number of ether oxygens (including phenoxy) is 1. The van der Waals surface area contributed by atoms with E-state index in [1.807, 2.05) is 13.8 Å². The van der Waals surface area contributed by atoms with E-state index in [-0.39, 0.29) is 5.91 Å². The van der Waals surface area contributed by atoms with Gasteiger partial charge in [0.05, 0.1) is 11.6 Å². The van der Waals surface area contributed by atoms with Crippen molar-refractivity contribution in [2.75, 3.05) is 12.4 Å². The summed E-state index contributed by atoms with van der Waals surface area (Å²) in [6, 6.07) is 14.3. The highest BCUT2D eigenvalue weighted by atomic mass is 16.5. The van der Waals surface area contributed by atoms with Crippen LogP contribution in [0.2, 0.25) is 0 Å². The second-order valence-corrected chi connectivity index (χ2v) is 6.15. The highest BCUT2D eigenvalue weighted by molar-refractivity contribution is 5.94. The molecule has 7 nitrogen and oxygen atoms in total. The first-order valence-corrected chi connectivity index (χ1v) is 8.61. The molecule has 0 saturated heterocycles. The quantitative estimate of drug-likeness (QED) is 0.704. The number of benzene rings is 2. The van der Waals surface area contributed by atoms with Crippen LogP contribution in [0.5, 0.6) is 11.6 Å². The topological polar surface area (TPSA) is 99.9 Å². The molecule has 1 aromatic heterocycles. The number of nitrogens with one attached hydrogen (secondary N) is 2. The van der Waals surface area contributed by atoms with Gasteiger partial charge in [0.25, 0.3) is 5.91 Å². The molecule has 140 valence electrons. The zero-order valence-corrected chi connectivity index (χ0v) is 15.8. The van der Waals surface area contributed by atoms with Gasteiger partial charge in [0.2, 0.25) is 11.8 Å². The van der Waals surface area contributed by atoms with Crippen molar-refractivity contribution in [1.29, 1.82) is 5.26 Å². The molecule has 0 radical (unpaired) electrons. The fourth-order valence-corrected chi connectivity index (χ4v) is 2.71. The summed E-state index contributed by atoms with van der Waals surface area (Å²) < 4.78 is 5.96. The van der Waals surface area contributed by atoms with Gasteiger partial charge in [-0.25, -0.2) is 4.98 Å². The van der Waals surface area contributed by atoms with E-state index in [2.05, 4.69) is 26.7 Å². The Morgan fingerprint density at radius 2 is 1.79 bits per heavy atom. The number of amides is 1. The summed E-state index contributed by atoms with van der Waals surface area (Å²) in [5.74, 6) is 1.26. The molecule has 0 spiro atoms. The molecule has 28 heavy (non-hydrogen) atoms. The van der Waals surface area contributed by atoms with Crippen LogP contribution < -0.4 is 15.4 Å². The van der Waals surface area contributed by atoms with Gasteiger partial charge in [0.1, 0.15) is 5.75 Å². The third kappa shape index (κ3) is 4.24. The van der Waals surface area contributed by atoms with E-state index in [1.54, 1.807) is 55.7 Å². The fraction of sp³-hybridized carbons (Fsp3) is 0.143. The van der Waals surface area contributed by atoms with Crippen LogP contribution in [0.1, 0.15) is 27.0 Å². The summed E-state index contributed by atoms with van der Waals surface area (Å²) in [6.45, 7) is 3.76. The molecule has 0 aliphatic carbocycles. The van der Waals surface area contributed by atoms with Crippen molar-refractivity contribution in [3.8, 4) is 17.7 Å². The minimum atomic E-state index is -0.145. The minimum Gasteiger partial charge on any atom is -0.438 e. The molecule has 0 unspecified atom stereocenters. The third-order valence-electron chi connectivity index (χ3n) is 4.06. The van der Waals surface area contributed by atoms with Gasteiger partial charge in [-0.15, -0.1) is 0 Å². The van der Waals surface area contributed by atoms with Gasteiger partial charge in [0, 0.05) is 30.6 Å². The summed E-state index contributed by atoms with van der Waals surface area (Å²) in [5.41, 5.74) is 3.58. The van der Waals surface area contributed by atoms with Crippen LogP contribution in [0, 0.1) is 25.2 Å². The Balaban J connectivity index is 1.81. The molecule has 0 bridgehead atoms. The van der Waals surface area contributed by atoms with Crippen LogP contribution in [0.25, 0.3) is 0 Å². The molecule has 0 saturated carbocycles. The summed E-state index contributed by atoms with van der Waals surface area (Å²) in [7, 11) is 1.60. The van der Waals surface area contributed by atoms with Crippen molar-refractivity contribution in [3.05, 3.63) is 70.9 Å². The maximum atomic E-state index is 11.8. The number of rotatable bonds is 5. The molecular formula is C21H19N5O2. The van der Waals surface area contributed by atoms with Crippen molar-refractivity contribution in [2.45, 2.75) is 13.8 Å². The van der Waals surface area contributed by atoms with E-state index in [0.717, 1.165) is 16.8 Å². The van der Waals surface area contributed by atoms with Crippen molar-refractivity contribution in [3.63, 3.8) is 0 Å². The van der Waals surface area contributed by atoms with E-state index >= 15 is 0 Å². The van der Waals surface area contributed by atoms with Crippen LogP contribution in [-0.2, 0) is 0 Å². The first kappa shape index (κ1) is 18.9. The molecule has 1 amide bonds. The van der Waals surface area contributed by atoms with Gasteiger partial charge in [0.15, 0.2) is 0 Å². The lowest BCUT2D eigenvalue weighted by molar-refractivity contribution is 0.0963. The zero-order valence-electron chi connectivity index (χ0n) is 15.8. The van der Waals surface area contributed by atoms with E-state index in [0.29, 0.717) is 28.7 Å². The summed E-state index contributed by atoms with van der Waals surface area (Å²) in [4.78, 5) is 20.4. The second-order valence-electron chi connectivity index (χ2n) is 6.15. The number of aryl methyl sites for hydroxylation is 2. The van der Waals surface area contributed by atoms with Gasteiger partial charge >= 0.3 is 0 Å². The van der Waals surface area contributed by atoms with Crippen LogP contribution in [0.3, 0.4) is 0 Å². The third-order valence-corrected chi connectivity index (χ3v) is 4.06. The SMILES string of the molecule is CNC(=O)c1cc(C)c(Oc2ccnc(Nc3ccc(C#N)cc3)n2)c(C)c1. The predicted molar refractivity (Wildman–Crippen MR) is 106 cm³/mol. The summed E-state index contributed by atoms with van der Waals surface area (Å²) in [6.07, 6.45) is 1.60. The molecule has 2 N–H and O–H groups in total. The average Bonchev–Trinajstić information content (AvgIpc) is 2.71. The van der Waals surface area contributed by atoms with Crippen LogP contribution >= 0.6 is 0 Å². The lowest BCUT2D eigenvalue weighted by Gasteiger charge is -2.13. The fourth-order valence-electron chi connectivity index (χ4n) is 2.71. The number of hydrogen-bond acceptors (Lipinski definition) is 6. The lowest BCUT2D eigenvalue weighted by atomic mass is 10.1. The van der Waals surface area contributed by atoms with Crippen LogP contribution in [0.4, 0.5) is 11.6 Å². The Morgan fingerprint density at radius 1 is 1.11 bits per heavy atom. The maximum absolute atomic E-state index is 11.8. The molecule has 3 rings (SSSR count). The lowest BCUT2D eigenvalue weighted by Crippen LogP contribution is -2.18. The number of hydrogen-bond donors (Lipinski definition) is 2. The number of nitrogens with zero attached hydrogens (tertiary/aromatic N) is 3. The molecule has 0 aliphatic rings. The molecule has 2 aromatic carbocycles. The maximum Gasteiger partial charge on any atom is 0.251 e. The second kappa shape index (κ2) is 8.18. The minimum absolute atomic E-state index is 0.145. The molecule has 7 heteroatoms. The van der Waals surface area contributed by atoms with Gasteiger partial charge < -0.3 is 15.4 Å². The van der Waals surface area contributed by atoms with Crippen molar-refractivity contribution in [1.82, 2.24) is 15.3 Å². The average molecular weight is 373 g/mol. The number of nitriles is 1. The van der Waals surface area contributed by atoms with Crippen molar-refractivity contribution in [2.24, 2.45) is 0 Å². The monoisotopic (exact) mass is 373 g/mol. The Hall–Kier alpha value is -3.92.